The van der Waals surface area contributed by atoms with Crippen LogP contribution in [0.3, 0.4) is 0 Å². The second-order valence-electron chi connectivity index (χ2n) is 4.06. The molecule has 1 rings (SSSR count). The fourth-order valence-electron chi connectivity index (χ4n) is 1.27. The lowest BCUT2D eigenvalue weighted by Crippen LogP contribution is -2.37. The van der Waals surface area contributed by atoms with Gasteiger partial charge in [-0.05, 0) is 51.2 Å². The van der Waals surface area contributed by atoms with E-state index in [-0.39, 0.29) is 11.9 Å². The SMILES string of the molecule is C/C(=N/NC(=S)NC(C)C)c1ccc(F)cc1Cl. The molecule has 1 aromatic rings. The summed E-state index contributed by atoms with van der Waals surface area (Å²) in [6.07, 6.45) is 0. The summed E-state index contributed by atoms with van der Waals surface area (Å²) in [7, 11) is 0. The van der Waals surface area contributed by atoms with Gasteiger partial charge in [0.2, 0.25) is 0 Å². The molecule has 0 heterocycles. The molecule has 0 bridgehead atoms. The Bertz CT molecular complexity index is 474. The van der Waals surface area contributed by atoms with Crippen LogP contribution in [0.1, 0.15) is 26.3 Å². The summed E-state index contributed by atoms with van der Waals surface area (Å²) in [4.78, 5) is 0. The fraction of sp³-hybridized carbons (Fsp3) is 0.333. The second kappa shape index (κ2) is 6.66. The molecule has 0 spiro atoms. The van der Waals surface area contributed by atoms with Gasteiger partial charge in [-0.3, -0.25) is 5.43 Å². The molecule has 0 aliphatic carbocycles. The maximum Gasteiger partial charge on any atom is 0.187 e. The summed E-state index contributed by atoms with van der Waals surface area (Å²) in [5, 5.41) is 7.84. The van der Waals surface area contributed by atoms with Crippen molar-refractivity contribution in [2.75, 3.05) is 0 Å². The second-order valence-corrected chi connectivity index (χ2v) is 4.88. The van der Waals surface area contributed by atoms with E-state index in [0.29, 0.717) is 21.4 Å². The monoisotopic (exact) mass is 287 g/mol. The molecule has 18 heavy (non-hydrogen) atoms. The lowest BCUT2D eigenvalue weighted by molar-refractivity contribution is 0.628. The number of hydrogen-bond donors (Lipinski definition) is 2. The standard InChI is InChI=1S/C12H15ClFN3S/c1-7(2)15-12(18)17-16-8(3)10-5-4-9(14)6-11(10)13/h4-7H,1-3H3,(H2,15,17,18)/b16-8-. The predicted molar refractivity (Wildman–Crippen MR) is 77.6 cm³/mol. The van der Waals surface area contributed by atoms with E-state index in [1.54, 1.807) is 13.0 Å². The number of hydrogen-bond acceptors (Lipinski definition) is 2. The van der Waals surface area contributed by atoms with E-state index in [9.17, 15) is 4.39 Å². The fourth-order valence-corrected chi connectivity index (χ4v) is 1.86. The topological polar surface area (TPSA) is 36.4 Å². The Morgan fingerprint density at radius 2 is 2.11 bits per heavy atom. The van der Waals surface area contributed by atoms with Crippen LogP contribution in [0.2, 0.25) is 5.02 Å². The van der Waals surface area contributed by atoms with Crippen molar-refractivity contribution in [3.8, 4) is 0 Å². The van der Waals surface area contributed by atoms with Crippen molar-refractivity contribution >= 4 is 34.6 Å². The largest absolute Gasteiger partial charge is 0.359 e. The van der Waals surface area contributed by atoms with E-state index in [1.807, 2.05) is 13.8 Å². The van der Waals surface area contributed by atoms with Crippen LogP contribution in [0.15, 0.2) is 23.3 Å². The highest BCUT2D eigenvalue weighted by Crippen LogP contribution is 2.17. The number of nitrogens with zero attached hydrogens (tertiary/aromatic N) is 1. The molecule has 1 aromatic carbocycles. The number of nitrogens with one attached hydrogen (secondary N) is 2. The molecule has 0 aliphatic rings. The molecule has 98 valence electrons. The summed E-state index contributed by atoms with van der Waals surface area (Å²) in [6, 6.07) is 4.40. The highest BCUT2D eigenvalue weighted by molar-refractivity contribution is 7.80. The third kappa shape index (κ3) is 4.58. The molecule has 0 amide bonds. The Labute approximate surface area is 116 Å². The minimum atomic E-state index is -0.374. The third-order valence-corrected chi connectivity index (χ3v) is 2.59. The van der Waals surface area contributed by atoms with E-state index in [2.05, 4.69) is 15.8 Å². The van der Waals surface area contributed by atoms with Gasteiger partial charge < -0.3 is 5.32 Å². The minimum absolute atomic E-state index is 0.231. The van der Waals surface area contributed by atoms with Gasteiger partial charge >= 0.3 is 0 Å². The zero-order valence-electron chi connectivity index (χ0n) is 10.4. The maximum atomic E-state index is 12.9. The van der Waals surface area contributed by atoms with Crippen LogP contribution in [0.25, 0.3) is 0 Å². The first-order valence-corrected chi connectivity index (χ1v) is 6.25. The molecule has 0 fully saturated rings. The molecule has 6 heteroatoms. The lowest BCUT2D eigenvalue weighted by atomic mass is 10.1. The molecule has 0 saturated heterocycles. The van der Waals surface area contributed by atoms with E-state index in [1.165, 1.54) is 12.1 Å². The van der Waals surface area contributed by atoms with Crippen LogP contribution in [0, 0.1) is 5.82 Å². The third-order valence-electron chi connectivity index (χ3n) is 2.07. The van der Waals surface area contributed by atoms with Crippen molar-refractivity contribution in [2.24, 2.45) is 5.10 Å². The molecular weight excluding hydrogens is 273 g/mol. The van der Waals surface area contributed by atoms with Crippen LogP contribution in [-0.2, 0) is 0 Å². The molecule has 0 saturated carbocycles. The van der Waals surface area contributed by atoms with E-state index in [4.69, 9.17) is 23.8 Å². The van der Waals surface area contributed by atoms with Gasteiger partial charge in [0.05, 0.1) is 10.7 Å². The first-order valence-electron chi connectivity index (χ1n) is 5.46. The van der Waals surface area contributed by atoms with Gasteiger partial charge in [-0.1, -0.05) is 11.6 Å². The predicted octanol–water partition coefficient (Wildman–Crippen LogP) is 3.08. The van der Waals surface area contributed by atoms with E-state index in [0.717, 1.165) is 0 Å². The van der Waals surface area contributed by atoms with Crippen LogP contribution in [0.4, 0.5) is 4.39 Å². The van der Waals surface area contributed by atoms with Crippen LogP contribution < -0.4 is 10.7 Å². The Morgan fingerprint density at radius 3 is 2.67 bits per heavy atom. The number of thiocarbonyl (C=S) groups is 1. The number of halogens is 2. The Hall–Kier alpha value is -1.20. The summed E-state index contributed by atoms with van der Waals surface area (Å²) >= 11 is 11.0. The maximum absolute atomic E-state index is 12.9. The summed E-state index contributed by atoms with van der Waals surface area (Å²) in [6.45, 7) is 5.72. The van der Waals surface area contributed by atoms with Crippen LogP contribution in [-0.4, -0.2) is 16.9 Å². The van der Waals surface area contributed by atoms with Crippen LogP contribution >= 0.6 is 23.8 Å². The van der Waals surface area contributed by atoms with Crippen molar-refractivity contribution in [2.45, 2.75) is 26.8 Å². The Morgan fingerprint density at radius 1 is 1.44 bits per heavy atom. The smallest absolute Gasteiger partial charge is 0.187 e. The molecule has 0 unspecified atom stereocenters. The minimum Gasteiger partial charge on any atom is -0.359 e. The van der Waals surface area contributed by atoms with Gasteiger partial charge in [0, 0.05) is 11.6 Å². The number of hydrazone groups is 1. The number of rotatable bonds is 3. The molecule has 0 aliphatic heterocycles. The molecule has 0 atom stereocenters. The van der Waals surface area contributed by atoms with Gasteiger partial charge in [-0.2, -0.15) is 5.10 Å². The summed E-state index contributed by atoms with van der Waals surface area (Å²) in [5.41, 5.74) is 4.01. The lowest BCUT2D eigenvalue weighted by Gasteiger charge is -2.11. The average molecular weight is 288 g/mol. The Kier molecular flexibility index (Phi) is 5.50. The summed E-state index contributed by atoms with van der Waals surface area (Å²) < 4.78 is 12.9. The highest BCUT2D eigenvalue weighted by Gasteiger charge is 2.05. The van der Waals surface area contributed by atoms with Crippen molar-refractivity contribution in [3.05, 3.63) is 34.6 Å². The summed E-state index contributed by atoms with van der Waals surface area (Å²) in [5.74, 6) is -0.374. The van der Waals surface area contributed by atoms with Crippen molar-refractivity contribution < 1.29 is 4.39 Å². The van der Waals surface area contributed by atoms with E-state index < -0.39 is 0 Å². The van der Waals surface area contributed by atoms with Crippen molar-refractivity contribution in [1.29, 1.82) is 0 Å². The van der Waals surface area contributed by atoms with Gasteiger partial charge in [-0.25, -0.2) is 4.39 Å². The molecule has 0 radical (unpaired) electrons. The van der Waals surface area contributed by atoms with Gasteiger partial charge in [0.25, 0.3) is 0 Å². The Balaban J connectivity index is 2.74. The molecule has 2 N–H and O–H groups in total. The highest BCUT2D eigenvalue weighted by atomic mass is 35.5. The zero-order chi connectivity index (χ0) is 13.7. The first kappa shape index (κ1) is 14.9. The molecule has 0 aromatic heterocycles. The van der Waals surface area contributed by atoms with Gasteiger partial charge in [0.1, 0.15) is 5.82 Å². The first-order chi connectivity index (χ1) is 8.40. The molecule has 3 nitrogen and oxygen atoms in total. The normalized spacial score (nSPS) is 11.6. The van der Waals surface area contributed by atoms with Gasteiger partial charge in [-0.15, -0.1) is 0 Å². The number of benzene rings is 1. The molecular formula is C12H15ClFN3S. The zero-order valence-corrected chi connectivity index (χ0v) is 12.0. The average Bonchev–Trinajstić information content (AvgIpc) is 2.25. The quantitative estimate of drug-likeness (QED) is 0.510. The van der Waals surface area contributed by atoms with Crippen molar-refractivity contribution in [1.82, 2.24) is 10.7 Å². The van der Waals surface area contributed by atoms with E-state index >= 15 is 0 Å². The van der Waals surface area contributed by atoms with Gasteiger partial charge in [0.15, 0.2) is 5.11 Å². The van der Waals surface area contributed by atoms with Crippen LogP contribution in [0.5, 0.6) is 0 Å². The van der Waals surface area contributed by atoms with Crippen molar-refractivity contribution in [3.63, 3.8) is 0 Å².